The van der Waals surface area contributed by atoms with Crippen LogP contribution in [0.5, 0.6) is 0 Å². The zero-order chi connectivity index (χ0) is 20.6. The summed E-state index contributed by atoms with van der Waals surface area (Å²) in [5.41, 5.74) is 2.40. The highest BCUT2D eigenvalue weighted by Crippen LogP contribution is 2.20. The summed E-state index contributed by atoms with van der Waals surface area (Å²) >= 11 is 3.50. The molecule has 1 saturated heterocycles. The van der Waals surface area contributed by atoms with E-state index in [0.717, 1.165) is 50.1 Å². The number of likely N-dealkylation sites (tertiary alicyclic amines) is 1. The fraction of sp³-hybridized carbons (Fsp3) is 0.667. The van der Waals surface area contributed by atoms with E-state index in [2.05, 4.69) is 57.0 Å². The first-order valence-electron chi connectivity index (χ1n) is 10.6. The number of aryl methyl sites for hydroxylation is 1. The molecule has 2 N–H and O–H groups in total. The summed E-state index contributed by atoms with van der Waals surface area (Å²) in [7, 11) is 1.83. The minimum absolute atomic E-state index is 0.479. The summed E-state index contributed by atoms with van der Waals surface area (Å²) < 4.78 is 0. The van der Waals surface area contributed by atoms with Gasteiger partial charge in [-0.25, -0.2) is 9.97 Å². The van der Waals surface area contributed by atoms with Crippen molar-refractivity contribution in [2.24, 2.45) is 10.9 Å². The number of thiazole rings is 2. The van der Waals surface area contributed by atoms with Crippen LogP contribution in [-0.2, 0) is 19.5 Å². The number of aliphatic imine (C=N–C) groups is 1. The van der Waals surface area contributed by atoms with Crippen molar-refractivity contribution in [3.8, 4) is 0 Å². The Hall–Kier alpha value is -1.51. The highest BCUT2D eigenvalue weighted by molar-refractivity contribution is 7.09. The number of piperidine rings is 1. The van der Waals surface area contributed by atoms with Crippen LogP contribution in [0, 0.1) is 5.92 Å². The molecule has 0 aliphatic carbocycles. The van der Waals surface area contributed by atoms with Crippen LogP contribution in [-0.4, -0.2) is 47.5 Å². The Morgan fingerprint density at radius 3 is 2.55 bits per heavy atom. The summed E-state index contributed by atoms with van der Waals surface area (Å²) in [6, 6.07) is 0. The van der Waals surface area contributed by atoms with Gasteiger partial charge in [-0.05, 0) is 44.2 Å². The molecule has 160 valence electrons. The van der Waals surface area contributed by atoms with Crippen LogP contribution >= 0.6 is 22.7 Å². The van der Waals surface area contributed by atoms with E-state index in [1.54, 1.807) is 22.7 Å². The van der Waals surface area contributed by atoms with Crippen molar-refractivity contribution in [2.75, 3.05) is 26.7 Å². The van der Waals surface area contributed by atoms with E-state index in [9.17, 15) is 0 Å². The fourth-order valence-electron chi connectivity index (χ4n) is 3.45. The number of nitrogens with zero attached hydrogens (tertiary/aromatic N) is 4. The molecule has 6 nitrogen and oxygen atoms in total. The normalized spacial score (nSPS) is 16.5. The smallest absolute Gasteiger partial charge is 0.191 e. The zero-order valence-electron chi connectivity index (χ0n) is 18.1. The highest BCUT2D eigenvalue weighted by Gasteiger charge is 2.20. The van der Waals surface area contributed by atoms with Crippen LogP contribution in [0.25, 0.3) is 0 Å². The van der Waals surface area contributed by atoms with E-state index in [1.807, 2.05) is 7.05 Å². The quantitative estimate of drug-likeness (QED) is 0.488. The molecule has 2 aromatic rings. The van der Waals surface area contributed by atoms with E-state index in [1.165, 1.54) is 29.2 Å². The Kier molecular flexibility index (Phi) is 8.44. The standard InChI is InChI=1S/C21H34N6S2/c1-5-19-25-17(13-28-19)12-27-8-6-16(7-9-27)10-23-21(22-4)24-11-20-26-18(14-29-20)15(2)3/h13-16H,5-12H2,1-4H3,(H2,22,23,24). The zero-order valence-corrected chi connectivity index (χ0v) is 19.7. The Morgan fingerprint density at radius 2 is 1.93 bits per heavy atom. The van der Waals surface area contributed by atoms with Gasteiger partial charge < -0.3 is 10.6 Å². The lowest BCUT2D eigenvalue weighted by molar-refractivity contribution is 0.176. The van der Waals surface area contributed by atoms with Gasteiger partial charge in [0.15, 0.2) is 5.96 Å². The van der Waals surface area contributed by atoms with Gasteiger partial charge in [0, 0.05) is 30.9 Å². The molecule has 1 aliphatic heterocycles. The topological polar surface area (TPSA) is 65.4 Å². The Bertz CT molecular complexity index is 774. The molecule has 3 rings (SSSR count). The van der Waals surface area contributed by atoms with Gasteiger partial charge >= 0.3 is 0 Å². The first kappa shape index (κ1) is 22.2. The predicted molar refractivity (Wildman–Crippen MR) is 124 cm³/mol. The summed E-state index contributed by atoms with van der Waals surface area (Å²) in [4.78, 5) is 16.3. The monoisotopic (exact) mass is 434 g/mol. The molecule has 0 atom stereocenters. The first-order valence-corrected chi connectivity index (χ1v) is 12.4. The molecule has 1 aliphatic rings. The number of guanidine groups is 1. The third-order valence-corrected chi connectivity index (χ3v) is 7.25. The van der Waals surface area contributed by atoms with Gasteiger partial charge in [-0.1, -0.05) is 20.8 Å². The molecule has 8 heteroatoms. The van der Waals surface area contributed by atoms with Crippen LogP contribution in [0.15, 0.2) is 15.8 Å². The molecular formula is C21H34N6S2. The molecule has 1 fully saturated rings. The van der Waals surface area contributed by atoms with Gasteiger partial charge in [-0.3, -0.25) is 9.89 Å². The summed E-state index contributed by atoms with van der Waals surface area (Å²) in [5, 5.41) is 13.6. The van der Waals surface area contributed by atoms with Crippen molar-refractivity contribution in [3.05, 3.63) is 32.2 Å². The number of hydrogen-bond acceptors (Lipinski definition) is 6. The van der Waals surface area contributed by atoms with E-state index in [4.69, 9.17) is 4.98 Å². The van der Waals surface area contributed by atoms with Crippen LogP contribution in [0.3, 0.4) is 0 Å². The molecule has 0 spiro atoms. The molecule has 0 unspecified atom stereocenters. The SMILES string of the molecule is CCc1nc(CN2CCC(CNC(=NC)NCc3nc(C(C)C)cs3)CC2)cs1. The molecule has 0 amide bonds. The second kappa shape index (κ2) is 11.0. The maximum absolute atomic E-state index is 4.71. The minimum atomic E-state index is 0.479. The largest absolute Gasteiger partial charge is 0.356 e. The lowest BCUT2D eigenvalue weighted by Gasteiger charge is -2.31. The van der Waals surface area contributed by atoms with Crippen molar-refractivity contribution < 1.29 is 0 Å². The Labute approximate surface area is 182 Å². The maximum Gasteiger partial charge on any atom is 0.191 e. The van der Waals surface area contributed by atoms with Crippen LogP contribution in [0.4, 0.5) is 0 Å². The molecule has 0 bridgehead atoms. The summed E-state index contributed by atoms with van der Waals surface area (Å²) in [5.74, 6) is 2.04. The fourth-order valence-corrected chi connectivity index (χ4v) is 5.09. The van der Waals surface area contributed by atoms with Gasteiger partial charge in [0.1, 0.15) is 5.01 Å². The van der Waals surface area contributed by atoms with Gasteiger partial charge in [-0.15, -0.1) is 22.7 Å². The molecular weight excluding hydrogens is 400 g/mol. The van der Waals surface area contributed by atoms with Crippen molar-refractivity contribution in [3.63, 3.8) is 0 Å². The average molecular weight is 435 g/mol. The first-order chi connectivity index (χ1) is 14.1. The number of nitrogens with one attached hydrogen (secondary N) is 2. The molecule has 0 aromatic carbocycles. The lowest BCUT2D eigenvalue weighted by atomic mass is 9.97. The lowest BCUT2D eigenvalue weighted by Crippen LogP contribution is -2.42. The van der Waals surface area contributed by atoms with Crippen LogP contribution in [0.1, 0.15) is 60.9 Å². The van der Waals surface area contributed by atoms with Gasteiger partial charge in [0.2, 0.25) is 0 Å². The Morgan fingerprint density at radius 1 is 1.17 bits per heavy atom. The molecule has 0 radical (unpaired) electrons. The van der Waals surface area contributed by atoms with Crippen molar-refractivity contribution >= 4 is 28.6 Å². The number of hydrogen-bond donors (Lipinski definition) is 2. The third kappa shape index (κ3) is 6.76. The molecule has 29 heavy (non-hydrogen) atoms. The number of rotatable bonds is 8. The second-order valence-corrected chi connectivity index (χ2v) is 9.82. The third-order valence-electron chi connectivity index (χ3n) is 5.34. The van der Waals surface area contributed by atoms with Crippen molar-refractivity contribution in [1.29, 1.82) is 0 Å². The minimum Gasteiger partial charge on any atom is -0.356 e. The average Bonchev–Trinajstić information content (AvgIpc) is 3.39. The molecule has 3 heterocycles. The van der Waals surface area contributed by atoms with Crippen LogP contribution < -0.4 is 10.6 Å². The predicted octanol–water partition coefficient (Wildman–Crippen LogP) is 3.86. The Balaban J connectivity index is 1.36. The van der Waals surface area contributed by atoms with Gasteiger partial charge in [0.25, 0.3) is 0 Å². The van der Waals surface area contributed by atoms with Gasteiger partial charge in [0.05, 0.1) is 22.9 Å². The van der Waals surface area contributed by atoms with E-state index in [-0.39, 0.29) is 0 Å². The van der Waals surface area contributed by atoms with Crippen molar-refractivity contribution in [1.82, 2.24) is 25.5 Å². The van der Waals surface area contributed by atoms with E-state index < -0.39 is 0 Å². The highest BCUT2D eigenvalue weighted by atomic mass is 32.1. The molecule has 0 saturated carbocycles. The van der Waals surface area contributed by atoms with Crippen molar-refractivity contribution in [2.45, 2.75) is 59.0 Å². The molecule has 2 aromatic heterocycles. The van der Waals surface area contributed by atoms with Crippen LogP contribution in [0.2, 0.25) is 0 Å². The summed E-state index contributed by atoms with van der Waals surface area (Å²) in [6.07, 6.45) is 3.48. The maximum atomic E-state index is 4.71. The number of aromatic nitrogens is 2. The summed E-state index contributed by atoms with van der Waals surface area (Å²) in [6.45, 7) is 11.5. The van der Waals surface area contributed by atoms with E-state index >= 15 is 0 Å². The second-order valence-electron chi connectivity index (χ2n) is 7.93. The van der Waals surface area contributed by atoms with Gasteiger partial charge in [-0.2, -0.15) is 0 Å². The van der Waals surface area contributed by atoms with E-state index in [0.29, 0.717) is 11.8 Å².